The first-order chi connectivity index (χ1) is 10.6. The van der Waals surface area contributed by atoms with Crippen molar-refractivity contribution in [2.45, 2.75) is 13.0 Å². The van der Waals surface area contributed by atoms with Crippen molar-refractivity contribution in [2.75, 3.05) is 17.9 Å². The normalized spacial score (nSPS) is 11.8. The van der Waals surface area contributed by atoms with Crippen molar-refractivity contribution in [2.24, 2.45) is 0 Å². The van der Waals surface area contributed by atoms with Gasteiger partial charge >= 0.3 is 0 Å². The second-order valence-electron chi connectivity index (χ2n) is 4.63. The Morgan fingerprint density at radius 3 is 2.64 bits per heavy atom. The molecule has 1 heterocycles. The molecule has 1 aromatic carbocycles. The zero-order valence-electron chi connectivity index (χ0n) is 12.3. The summed E-state index contributed by atoms with van der Waals surface area (Å²) >= 11 is 7.18. The zero-order valence-corrected chi connectivity index (χ0v) is 13.9. The third-order valence-corrected chi connectivity index (χ3v) is 4.32. The lowest BCUT2D eigenvalue weighted by molar-refractivity contribution is -0.123. The highest BCUT2D eigenvalue weighted by atomic mass is 35.5. The Hall–Kier alpha value is -1.85. The molecule has 0 spiro atoms. The molecule has 1 aromatic heterocycles. The standard InChI is InChI=1S/C16H16ClNO3S/c1-11(19)16(14-7-4-8-22-14)18(15(20)10-17)12-5-3-6-13(9-12)21-2/h3-9,16H,10H2,1-2H3. The molecule has 0 saturated carbocycles. The van der Waals surface area contributed by atoms with Crippen LogP contribution in [0.4, 0.5) is 5.69 Å². The Labute approximate surface area is 138 Å². The highest BCUT2D eigenvalue weighted by Gasteiger charge is 2.30. The largest absolute Gasteiger partial charge is 0.497 e. The van der Waals surface area contributed by atoms with E-state index in [0.29, 0.717) is 11.4 Å². The van der Waals surface area contributed by atoms with Crippen LogP contribution in [-0.2, 0) is 9.59 Å². The van der Waals surface area contributed by atoms with Crippen molar-refractivity contribution in [1.29, 1.82) is 0 Å². The van der Waals surface area contributed by atoms with Crippen LogP contribution in [0.25, 0.3) is 0 Å². The fourth-order valence-corrected chi connectivity index (χ4v) is 3.22. The molecule has 1 amide bonds. The molecule has 2 aromatic rings. The van der Waals surface area contributed by atoms with E-state index in [1.807, 2.05) is 17.5 Å². The number of amides is 1. The van der Waals surface area contributed by atoms with Crippen molar-refractivity contribution >= 4 is 40.3 Å². The van der Waals surface area contributed by atoms with Crippen LogP contribution in [0.2, 0.25) is 0 Å². The lowest BCUT2D eigenvalue weighted by Crippen LogP contribution is -2.38. The van der Waals surface area contributed by atoms with Crippen LogP contribution < -0.4 is 9.64 Å². The van der Waals surface area contributed by atoms with Crippen LogP contribution in [0, 0.1) is 0 Å². The molecular weight excluding hydrogens is 322 g/mol. The highest BCUT2D eigenvalue weighted by Crippen LogP contribution is 2.32. The summed E-state index contributed by atoms with van der Waals surface area (Å²) in [6, 6.07) is 10.0. The van der Waals surface area contributed by atoms with Crippen molar-refractivity contribution in [3.8, 4) is 5.75 Å². The van der Waals surface area contributed by atoms with Crippen molar-refractivity contribution in [3.63, 3.8) is 0 Å². The number of hydrogen-bond acceptors (Lipinski definition) is 4. The molecule has 0 aliphatic carbocycles. The Kier molecular flexibility index (Phi) is 5.57. The summed E-state index contributed by atoms with van der Waals surface area (Å²) in [7, 11) is 1.55. The Morgan fingerprint density at radius 2 is 2.09 bits per heavy atom. The molecule has 22 heavy (non-hydrogen) atoms. The van der Waals surface area contributed by atoms with Gasteiger partial charge in [0.25, 0.3) is 0 Å². The van der Waals surface area contributed by atoms with E-state index in [2.05, 4.69) is 0 Å². The van der Waals surface area contributed by atoms with Crippen LogP contribution in [0.5, 0.6) is 5.75 Å². The summed E-state index contributed by atoms with van der Waals surface area (Å²) in [5.41, 5.74) is 0.582. The molecule has 0 radical (unpaired) electrons. The van der Waals surface area contributed by atoms with Gasteiger partial charge in [0.05, 0.1) is 7.11 Å². The van der Waals surface area contributed by atoms with Crippen LogP contribution in [0.1, 0.15) is 17.8 Å². The predicted molar refractivity (Wildman–Crippen MR) is 88.9 cm³/mol. The lowest BCUT2D eigenvalue weighted by Gasteiger charge is -2.29. The molecular formula is C16H16ClNO3S. The van der Waals surface area contributed by atoms with Gasteiger partial charge in [-0.3, -0.25) is 14.5 Å². The maximum Gasteiger partial charge on any atom is 0.242 e. The zero-order chi connectivity index (χ0) is 16.1. The number of hydrogen-bond donors (Lipinski definition) is 0. The number of ether oxygens (including phenoxy) is 1. The van der Waals surface area contributed by atoms with Gasteiger partial charge in [0.1, 0.15) is 17.7 Å². The number of anilines is 1. The van der Waals surface area contributed by atoms with Crippen LogP contribution in [0.3, 0.4) is 0 Å². The molecule has 1 atom stereocenters. The number of ketones is 1. The number of halogens is 1. The molecule has 0 N–H and O–H groups in total. The molecule has 4 nitrogen and oxygen atoms in total. The number of methoxy groups -OCH3 is 1. The van der Waals surface area contributed by atoms with Gasteiger partial charge in [0.2, 0.25) is 5.91 Å². The molecule has 0 fully saturated rings. The monoisotopic (exact) mass is 337 g/mol. The summed E-state index contributed by atoms with van der Waals surface area (Å²) in [5, 5.41) is 1.88. The quantitative estimate of drug-likeness (QED) is 0.756. The van der Waals surface area contributed by atoms with Crippen molar-refractivity contribution < 1.29 is 14.3 Å². The number of carbonyl (C=O) groups is 2. The Balaban J connectivity index is 2.52. The Bertz CT molecular complexity index is 657. The van der Waals surface area contributed by atoms with Crippen LogP contribution >= 0.6 is 22.9 Å². The minimum Gasteiger partial charge on any atom is -0.497 e. The number of carbonyl (C=O) groups excluding carboxylic acids is 2. The number of alkyl halides is 1. The lowest BCUT2D eigenvalue weighted by atomic mass is 10.1. The van der Waals surface area contributed by atoms with Gasteiger partial charge in [0, 0.05) is 16.6 Å². The van der Waals surface area contributed by atoms with Crippen LogP contribution in [0.15, 0.2) is 41.8 Å². The average Bonchev–Trinajstić information content (AvgIpc) is 3.05. The van der Waals surface area contributed by atoms with Gasteiger partial charge in [0.15, 0.2) is 5.78 Å². The molecule has 0 aliphatic heterocycles. The van der Waals surface area contributed by atoms with Gasteiger partial charge in [-0.25, -0.2) is 0 Å². The van der Waals surface area contributed by atoms with Crippen molar-refractivity contribution in [1.82, 2.24) is 0 Å². The van der Waals surface area contributed by atoms with E-state index in [1.54, 1.807) is 31.4 Å². The number of rotatable bonds is 6. The summed E-state index contributed by atoms with van der Waals surface area (Å²) in [6.45, 7) is 1.47. The van der Waals surface area contributed by atoms with E-state index >= 15 is 0 Å². The fourth-order valence-electron chi connectivity index (χ4n) is 2.22. The van der Waals surface area contributed by atoms with Crippen LogP contribution in [-0.4, -0.2) is 24.7 Å². The summed E-state index contributed by atoms with van der Waals surface area (Å²) in [4.78, 5) is 26.8. The highest BCUT2D eigenvalue weighted by molar-refractivity contribution is 7.10. The average molecular weight is 338 g/mol. The smallest absolute Gasteiger partial charge is 0.242 e. The summed E-state index contributed by atoms with van der Waals surface area (Å²) < 4.78 is 5.20. The maximum atomic E-state index is 12.4. The molecule has 2 rings (SSSR count). The second kappa shape index (κ2) is 7.42. The summed E-state index contributed by atoms with van der Waals surface area (Å²) in [6.07, 6.45) is 0. The summed E-state index contributed by atoms with van der Waals surface area (Å²) in [5.74, 6) is -0.0440. The molecule has 1 unspecified atom stereocenters. The van der Waals surface area contributed by atoms with Gasteiger partial charge < -0.3 is 4.74 Å². The SMILES string of the molecule is COc1cccc(N(C(=O)CCl)C(C(C)=O)c2cccs2)c1. The number of Topliss-reactive ketones (excluding diaryl/α,β-unsaturated/α-hetero) is 1. The first-order valence-electron chi connectivity index (χ1n) is 6.64. The van der Waals surface area contributed by atoms with E-state index in [0.717, 1.165) is 4.88 Å². The molecule has 6 heteroatoms. The minimum atomic E-state index is -0.682. The van der Waals surface area contributed by atoms with E-state index < -0.39 is 6.04 Å². The maximum absolute atomic E-state index is 12.4. The second-order valence-corrected chi connectivity index (χ2v) is 5.87. The van der Waals surface area contributed by atoms with E-state index in [1.165, 1.54) is 23.2 Å². The first kappa shape index (κ1) is 16.5. The third kappa shape index (κ3) is 3.48. The fraction of sp³-hybridized carbons (Fsp3) is 0.250. The molecule has 0 bridgehead atoms. The molecule has 0 aliphatic rings. The van der Waals surface area contributed by atoms with Gasteiger partial charge in [-0.15, -0.1) is 22.9 Å². The number of benzene rings is 1. The van der Waals surface area contributed by atoms with E-state index in [4.69, 9.17) is 16.3 Å². The molecule has 116 valence electrons. The van der Waals surface area contributed by atoms with Gasteiger partial charge in [-0.1, -0.05) is 12.1 Å². The van der Waals surface area contributed by atoms with E-state index in [-0.39, 0.29) is 17.6 Å². The van der Waals surface area contributed by atoms with Crippen molar-refractivity contribution in [3.05, 3.63) is 46.7 Å². The number of nitrogens with zero attached hydrogens (tertiary/aromatic N) is 1. The number of thiophene rings is 1. The van der Waals surface area contributed by atoms with E-state index in [9.17, 15) is 9.59 Å². The Morgan fingerprint density at radius 1 is 1.32 bits per heavy atom. The van der Waals surface area contributed by atoms with Gasteiger partial charge in [-0.05, 0) is 30.5 Å². The molecule has 0 saturated heterocycles. The predicted octanol–water partition coefficient (Wildman–Crippen LogP) is 3.66. The topological polar surface area (TPSA) is 46.6 Å². The first-order valence-corrected chi connectivity index (χ1v) is 8.05. The van der Waals surface area contributed by atoms with Gasteiger partial charge in [-0.2, -0.15) is 0 Å². The minimum absolute atomic E-state index is 0.122. The third-order valence-electron chi connectivity index (χ3n) is 3.17.